The summed E-state index contributed by atoms with van der Waals surface area (Å²) in [5.74, 6) is 0. The van der Waals surface area contributed by atoms with E-state index >= 15 is 0 Å². The van der Waals surface area contributed by atoms with E-state index in [2.05, 4.69) is 67.3 Å². The van der Waals surface area contributed by atoms with E-state index in [1.54, 1.807) is 0 Å². The maximum Gasteiger partial charge on any atom is 0.256 e. The first-order valence-electron chi connectivity index (χ1n) is 7.54. The largest absolute Gasteiger partial charge is 0.256 e. The van der Waals surface area contributed by atoms with Gasteiger partial charge in [0.15, 0.2) is 0 Å². The van der Waals surface area contributed by atoms with E-state index in [9.17, 15) is 0 Å². The Hall–Kier alpha value is -1.58. The van der Waals surface area contributed by atoms with Crippen LogP contribution in [0.5, 0.6) is 0 Å². The van der Waals surface area contributed by atoms with Crippen molar-refractivity contribution in [1.82, 2.24) is 0 Å². The maximum atomic E-state index is 2.33. The third kappa shape index (κ3) is 2.12. The summed E-state index contributed by atoms with van der Waals surface area (Å²) in [6.45, 7) is 7.07. The molecule has 108 valence electrons. The molecule has 3 heteroatoms. The molecule has 0 saturated heterocycles. The Morgan fingerprint density at radius 1 is 0.909 bits per heavy atom. The van der Waals surface area contributed by atoms with Crippen LogP contribution in [0.2, 0.25) is 0 Å². The standard InChI is InChI=1S/C19H17BS2/c1-12-8-13(2)18(14(3)9-12)20-17-11-21-10-16(17)5-4-15-6-7-22-19(15)20/h4-11H,1-3H3. The molecule has 2 aromatic heterocycles. The monoisotopic (exact) mass is 320 g/mol. The molecule has 0 radical (unpaired) electrons. The molecule has 1 aliphatic rings. The summed E-state index contributed by atoms with van der Waals surface area (Å²) in [4.78, 5) is 0. The number of thiophene rings is 2. The van der Waals surface area contributed by atoms with Gasteiger partial charge in [0.25, 0.3) is 6.71 Å². The predicted octanol–water partition coefficient (Wildman–Crippen LogP) is 3.73. The van der Waals surface area contributed by atoms with Gasteiger partial charge in [-0.1, -0.05) is 46.4 Å². The Morgan fingerprint density at radius 3 is 2.41 bits per heavy atom. The third-order valence-electron chi connectivity index (χ3n) is 4.49. The number of hydrogen-bond acceptors (Lipinski definition) is 2. The molecule has 0 fully saturated rings. The Balaban J connectivity index is 2.03. The molecule has 0 nitrogen and oxygen atoms in total. The van der Waals surface area contributed by atoms with Crippen LogP contribution in [0.3, 0.4) is 0 Å². The van der Waals surface area contributed by atoms with E-state index in [1.165, 1.54) is 43.5 Å². The molecule has 0 bridgehead atoms. The molecule has 0 aliphatic carbocycles. The predicted molar refractivity (Wildman–Crippen MR) is 103 cm³/mol. The van der Waals surface area contributed by atoms with Crippen molar-refractivity contribution in [2.24, 2.45) is 0 Å². The number of rotatable bonds is 1. The highest BCUT2D eigenvalue weighted by atomic mass is 32.1. The van der Waals surface area contributed by atoms with Gasteiger partial charge < -0.3 is 0 Å². The lowest BCUT2D eigenvalue weighted by Crippen LogP contribution is -2.53. The van der Waals surface area contributed by atoms with Gasteiger partial charge >= 0.3 is 0 Å². The lowest BCUT2D eigenvalue weighted by atomic mass is 9.38. The third-order valence-corrected chi connectivity index (χ3v) is 6.27. The van der Waals surface area contributed by atoms with Gasteiger partial charge in [-0.25, -0.2) is 0 Å². The van der Waals surface area contributed by atoms with E-state index in [4.69, 9.17) is 0 Å². The number of benzene rings is 1. The van der Waals surface area contributed by atoms with Crippen LogP contribution in [0.25, 0.3) is 12.2 Å². The average molecular weight is 320 g/mol. The molecule has 0 unspecified atom stereocenters. The second-order valence-electron chi connectivity index (χ2n) is 6.10. The van der Waals surface area contributed by atoms with E-state index < -0.39 is 0 Å². The zero-order valence-corrected chi connectivity index (χ0v) is 14.6. The highest BCUT2D eigenvalue weighted by molar-refractivity contribution is 7.27. The first kappa shape index (κ1) is 14.0. The summed E-state index contributed by atoms with van der Waals surface area (Å²) in [7, 11) is 0. The number of aryl methyl sites for hydroxylation is 3. The fourth-order valence-corrected chi connectivity index (χ4v) is 5.51. The van der Waals surface area contributed by atoms with Crippen molar-refractivity contribution in [3.63, 3.8) is 0 Å². The molecular weight excluding hydrogens is 303 g/mol. The minimum atomic E-state index is 0.367. The van der Waals surface area contributed by atoms with Crippen LogP contribution in [0.1, 0.15) is 27.8 Å². The molecule has 4 rings (SSSR count). The Morgan fingerprint density at radius 2 is 1.64 bits per heavy atom. The zero-order chi connectivity index (χ0) is 15.3. The summed E-state index contributed by atoms with van der Waals surface area (Å²) in [6, 6.07) is 6.89. The van der Waals surface area contributed by atoms with Crippen LogP contribution in [0.4, 0.5) is 0 Å². The normalized spacial score (nSPS) is 13.0. The molecular formula is C19H17BS2. The first-order valence-corrected chi connectivity index (χ1v) is 9.36. The van der Waals surface area contributed by atoms with Crippen molar-refractivity contribution in [2.75, 3.05) is 0 Å². The zero-order valence-electron chi connectivity index (χ0n) is 13.0. The molecule has 3 heterocycles. The van der Waals surface area contributed by atoms with Crippen LogP contribution in [-0.2, 0) is 0 Å². The first-order chi connectivity index (χ1) is 10.6. The molecule has 0 amide bonds. The molecule has 1 aromatic carbocycles. The number of hydrogen-bond donors (Lipinski definition) is 0. The second-order valence-corrected chi connectivity index (χ2v) is 7.79. The number of fused-ring (bicyclic) bond motifs is 2. The highest BCUT2D eigenvalue weighted by Gasteiger charge is 2.31. The van der Waals surface area contributed by atoms with Gasteiger partial charge in [0.2, 0.25) is 0 Å². The molecule has 0 N–H and O–H groups in total. The summed E-state index contributed by atoms with van der Waals surface area (Å²) in [6.07, 6.45) is 4.55. The van der Waals surface area contributed by atoms with Gasteiger partial charge in [-0.05, 0) is 64.3 Å². The van der Waals surface area contributed by atoms with Crippen LogP contribution >= 0.6 is 22.7 Å². The van der Waals surface area contributed by atoms with Gasteiger partial charge in [0, 0.05) is 0 Å². The average Bonchev–Trinajstić information content (AvgIpc) is 3.08. The fourth-order valence-electron chi connectivity index (χ4n) is 3.64. The summed E-state index contributed by atoms with van der Waals surface area (Å²) in [5.41, 5.74) is 9.84. The van der Waals surface area contributed by atoms with Crippen molar-refractivity contribution in [3.05, 3.63) is 62.2 Å². The smallest absolute Gasteiger partial charge is 0.157 e. The quantitative estimate of drug-likeness (QED) is 0.469. The van der Waals surface area contributed by atoms with E-state index in [1.807, 2.05) is 22.7 Å². The van der Waals surface area contributed by atoms with E-state index in [-0.39, 0.29) is 0 Å². The van der Waals surface area contributed by atoms with Crippen LogP contribution in [0, 0.1) is 20.8 Å². The molecule has 22 heavy (non-hydrogen) atoms. The topological polar surface area (TPSA) is 0 Å². The molecule has 0 saturated carbocycles. The summed E-state index contributed by atoms with van der Waals surface area (Å²) in [5, 5.41) is 6.82. The highest BCUT2D eigenvalue weighted by Crippen LogP contribution is 2.19. The summed E-state index contributed by atoms with van der Waals surface area (Å²) >= 11 is 3.69. The van der Waals surface area contributed by atoms with Crippen LogP contribution < -0.4 is 15.7 Å². The van der Waals surface area contributed by atoms with Crippen molar-refractivity contribution in [3.8, 4) is 0 Å². The SMILES string of the molecule is Cc1cc(C)c(B2c3cscc3C=Cc3ccsc32)c(C)c1. The Labute approximate surface area is 140 Å². The summed E-state index contributed by atoms with van der Waals surface area (Å²) < 4.78 is 1.48. The van der Waals surface area contributed by atoms with Crippen molar-refractivity contribution in [2.45, 2.75) is 20.8 Å². The van der Waals surface area contributed by atoms with Gasteiger partial charge in [-0.3, -0.25) is 0 Å². The van der Waals surface area contributed by atoms with Gasteiger partial charge in [-0.2, -0.15) is 22.7 Å². The lowest BCUT2D eigenvalue weighted by molar-refractivity contribution is 1.35. The molecule has 0 spiro atoms. The van der Waals surface area contributed by atoms with Crippen LogP contribution in [-0.4, -0.2) is 6.71 Å². The van der Waals surface area contributed by atoms with Crippen molar-refractivity contribution >= 4 is 57.2 Å². The van der Waals surface area contributed by atoms with Crippen molar-refractivity contribution < 1.29 is 0 Å². The van der Waals surface area contributed by atoms with Gasteiger partial charge in [0.1, 0.15) is 0 Å². The van der Waals surface area contributed by atoms with Gasteiger partial charge in [0.05, 0.1) is 0 Å². The Bertz CT molecular complexity index is 815. The van der Waals surface area contributed by atoms with Crippen LogP contribution in [0.15, 0.2) is 34.3 Å². The maximum absolute atomic E-state index is 2.33. The second kappa shape index (κ2) is 5.25. The Kier molecular flexibility index (Phi) is 3.35. The minimum Gasteiger partial charge on any atom is -0.157 e. The fraction of sp³-hybridized carbons (Fsp3) is 0.158. The lowest BCUT2D eigenvalue weighted by Gasteiger charge is -2.19. The minimum absolute atomic E-state index is 0.367. The molecule has 0 atom stereocenters. The van der Waals surface area contributed by atoms with E-state index in [0.29, 0.717) is 6.71 Å². The van der Waals surface area contributed by atoms with E-state index in [0.717, 1.165) is 0 Å². The molecule has 1 aliphatic heterocycles. The van der Waals surface area contributed by atoms with Gasteiger partial charge in [-0.15, -0.1) is 0 Å². The van der Waals surface area contributed by atoms with Crippen molar-refractivity contribution in [1.29, 1.82) is 0 Å². The molecule has 3 aromatic rings.